The number of aromatic hydroxyl groups is 1. The van der Waals surface area contributed by atoms with Gasteiger partial charge in [-0.3, -0.25) is 19.2 Å². The monoisotopic (exact) mass is 845 g/mol. The topological polar surface area (TPSA) is 161 Å². The summed E-state index contributed by atoms with van der Waals surface area (Å²) >= 11 is 0. The number of fused-ring (bicyclic) bond motifs is 2. The molecule has 5 unspecified atom stereocenters. The van der Waals surface area contributed by atoms with Gasteiger partial charge in [-0.15, -0.1) is 12.4 Å². The van der Waals surface area contributed by atoms with E-state index in [1.807, 2.05) is 20.8 Å². The fourth-order valence-corrected chi connectivity index (χ4v) is 7.01. The summed E-state index contributed by atoms with van der Waals surface area (Å²) in [5.41, 5.74) is 6.39. The zero-order chi connectivity index (χ0) is 43.1. The summed E-state index contributed by atoms with van der Waals surface area (Å²) in [6.07, 6.45) is 7.95. The van der Waals surface area contributed by atoms with Crippen molar-refractivity contribution in [1.82, 2.24) is 10.2 Å². The highest BCUT2D eigenvalue weighted by molar-refractivity contribution is 6.01. The molecule has 13 heteroatoms. The molecule has 1 heterocycles. The van der Waals surface area contributed by atoms with E-state index in [0.717, 1.165) is 25.8 Å². The van der Waals surface area contributed by atoms with E-state index in [0.29, 0.717) is 19.3 Å². The number of esters is 3. The van der Waals surface area contributed by atoms with Crippen LogP contribution in [0, 0.1) is 11.8 Å². The number of carbonyl (C=O) groups excluding carboxylic acids is 5. The minimum absolute atomic E-state index is 0. The van der Waals surface area contributed by atoms with Crippen LogP contribution in [0.1, 0.15) is 106 Å². The van der Waals surface area contributed by atoms with Crippen LogP contribution in [0.2, 0.25) is 0 Å². The van der Waals surface area contributed by atoms with E-state index in [-0.39, 0.29) is 36.0 Å². The van der Waals surface area contributed by atoms with Crippen molar-refractivity contribution in [3.05, 3.63) is 101 Å². The SMILES string of the molecule is CCCCCC1C(=O)OC(C)C(NC(=O)c2cccc(NC=O)c2O)C(=O)OC(C)C1OC(=O)CC(C)C.CN(C)CCC=C1c2ccccc2C=Cc2ccccc21.Cl. The Morgan fingerprint density at radius 3 is 2.08 bits per heavy atom. The Labute approximate surface area is 360 Å². The maximum absolute atomic E-state index is 13.3. The molecule has 3 N–H and O–H groups in total. The minimum atomic E-state index is -1.42. The van der Waals surface area contributed by atoms with Gasteiger partial charge in [0.2, 0.25) is 6.41 Å². The second-order valence-corrected chi connectivity index (χ2v) is 15.6. The highest BCUT2D eigenvalue weighted by atomic mass is 35.5. The van der Waals surface area contributed by atoms with Crippen molar-refractivity contribution in [1.29, 1.82) is 0 Å². The number of halogens is 1. The van der Waals surface area contributed by atoms with Gasteiger partial charge in [-0.25, -0.2) is 4.79 Å². The van der Waals surface area contributed by atoms with Gasteiger partial charge in [0.1, 0.15) is 12.2 Å². The number of anilines is 1. The van der Waals surface area contributed by atoms with Gasteiger partial charge in [0, 0.05) is 13.0 Å². The first-order valence-corrected chi connectivity index (χ1v) is 20.4. The number of hydrogen-bond acceptors (Lipinski definition) is 10. The van der Waals surface area contributed by atoms with Gasteiger partial charge < -0.3 is 34.9 Å². The number of para-hydroxylation sites is 1. The van der Waals surface area contributed by atoms with Crippen LogP contribution in [0.5, 0.6) is 5.75 Å². The molecule has 0 saturated carbocycles. The number of nitrogens with zero attached hydrogens (tertiary/aromatic N) is 1. The van der Waals surface area contributed by atoms with Crippen LogP contribution in [0.25, 0.3) is 17.7 Å². The molecule has 60 heavy (non-hydrogen) atoms. The zero-order valence-corrected chi connectivity index (χ0v) is 36.5. The van der Waals surface area contributed by atoms with Gasteiger partial charge in [0.25, 0.3) is 5.91 Å². The molecule has 0 spiro atoms. The molecule has 3 aromatic carbocycles. The standard InChI is InChI=1S/C27H38N2O9.C20H21N.ClH/c1-6-7-8-10-19-24(38-21(31)13-15(2)3)17(5)37-27(35)22(16(4)36-26(19)34)29-25(33)18-11-9-12-20(23(18)32)28-14-30;1-21(2)15-7-12-20-18-10-5-3-8-16(18)13-14-17-9-4-6-11-19(17)20;/h9,11-12,14-17,19,22,24,32H,6-8,10,13H2,1-5H3,(H,28,30)(H,29,33);3-6,8-14H,7,15H2,1-2H3;1H. The molecule has 3 aromatic rings. The maximum Gasteiger partial charge on any atom is 0.332 e. The number of amides is 2. The van der Waals surface area contributed by atoms with E-state index in [4.69, 9.17) is 14.2 Å². The first-order valence-electron chi connectivity index (χ1n) is 20.4. The Morgan fingerprint density at radius 2 is 1.50 bits per heavy atom. The van der Waals surface area contributed by atoms with Crippen LogP contribution in [0.4, 0.5) is 5.69 Å². The van der Waals surface area contributed by atoms with Crippen LogP contribution in [-0.4, -0.2) is 85.2 Å². The van der Waals surface area contributed by atoms with Crippen LogP contribution in [0.15, 0.2) is 72.8 Å². The Bertz CT molecular complexity index is 1940. The van der Waals surface area contributed by atoms with Gasteiger partial charge in [-0.05, 0) is 86.7 Å². The summed E-state index contributed by atoms with van der Waals surface area (Å²) in [6.45, 7) is 9.77. The highest BCUT2D eigenvalue weighted by Crippen LogP contribution is 2.34. The third-order valence-electron chi connectivity index (χ3n) is 10.1. The molecular formula is C47H60ClN3O9. The lowest BCUT2D eigenvalue weighted by Crippen LogP contribution is -2.50. The van der Waals surface area contributed by atoms with Crippen molar-refractivity contribution >= 4 is 66.0 Å². The van der Waals surface area contributed by atoms with Gasteiger partial charge in [0.15, 0.2) is 17.9 Å². The molecule has 1 saturated heterocycles. The van der Waals surface area contributed by atoms with E-state index in [2.05, 4.69) is 96.4 Å². The van der Waals surface area contributed by atoms with Crippen molar-refractivity contribution in [2.45, 2.75) is 97.5 Å². The summed E-state index contributed by atoms with van der Waals surface area (Å²) in [6, 6.07) is 20.0. The van der Waals surface area contributed by atoms with E-state index >= 15 is 0 Å². The normalized spacial score (nSPS) is 19.6. The Hall–Kier alpha value is -5.46. The van der Waals surface area contributed by atoms with Gasteiger partial charge in [-0.2, -0.15) is 0 Å². The molecule has 5 atom stereocenters. The van der Waals surface area contributed by atoms with Crippen LogP contribution in [0.3, 0.4) is 0 Å². The number of benzene rings is 3. The lowest BCUT2D eigenvalue weighted by Gasteiger charge is -2.29. The molecule has 1 fully saturated rings. The van der Waals surface area contributed by atoms with E-state index < -0.39 is 59.8 Å². The van der Waals surface area contributed by atoms with Crippen molar-refractivity contribution in [2.24, 2.45) is 11.8 Å². The summed E-state index contributed by atoms with van der Waals surface area (Å²) in [5, 5.41) is 15.1. The number of unbranched alkanes of at least 4 members (excludes halogenated alkanes) is 2. The van der Waals surface area contributed by atoms with E-state index in [9.17, 15) is 29.1 Å². The number of phenols is 1. The van der Waals surface area contributed by atoms with Crippen molar-refractivity contribution < 1.29 is 43.3 Å². The molecule has 0 radical (unpaired) electrons. The molecule has 0 bridgehead atoms. The number of carbonyl (C=O) groups is 5. The molecule has 5 rings (SSSR count). The first-order chi connectivity index (χ1) is 28.2. The number of rotatable bonds is 14. The Morgan fingerprint density at radius 1 is 0.883 bits per heavy atom. The average molecular weight is 846 g/mol. The molecule has 0 aromatic heterocycles. The molecule has 324 valence electrons. The average Bonchev–Trinajstić information content (AvgIpc) is 3.33. The summed E-state index contributed by atoms with van der Waals surface area (Å²) in [4.78, 5) is 64.9. The predicted octanol–water partition coefficient (Wildman–Crippen LogP) is 8.07. The molecule has 12 nitrogen and oxygen atoms in total. The first kappa shape index (κ1) is 48.9. The zero-order valence-electron chi connectivity index (χ0n) is 35.6. The molecular weight excluding hydrogens is 786 g/mol. The Balaban J connectivity index is 0.000000366. The summed E-state index contributed by atoms with van der Waals surface area (Å²) < 4.78 is 16.9. The maximum atomic E-state index is 13.3. The van der Waals surface area contributed by atoms with Gasteiger partial charge in [0.05, 0.1) is 17.2 Å². The van der Waals surface area contributed by atoms with Gasteiger partial charge in [-0.1, -0.05) is 113 Å². The lowest BCUT2D eigenvalue weighted by molar-refractivity contribution is -0.175. The number of nitrogens with one attached hydrogen (secondary N) is 2. The summed E-state index contributed by atoms with van der Waals surface area (Å²) in [7, 11) is 4.24. The third-order valence-corrected chi connectivity index (χ3v) is 10.1. The van der Waals surface area contributed by atoms with Crippen molar-refractivity contribution in [3.63, 3.8) is 0 Å². The Kier molecular flexibility index (Phi) is 19.5. The number of cyclic esters (lactones) is 2. The molecule has 2 aliphatic rings. The predicted molar refractivity (Wildman–Crippen MR) is 236 cm³/mol. The quantitative estimate of drug-likeness (QED) is 0.0373. The lowest BCUT2D eigenvalue weighted by atomic mass is 9.92. The number of phenolic OH excluding ortho intramolecular Hbond substituents is 1. The largest absolute Gasteiger partial charge is 0.505 e. The molecule has 1 aliphatic carbocycles. The number of ether oxygens (including phenoxy) is 3. The minimum Gasteiger partial charge on any atom is -0.505 e. The van der Waals surface area contributed by atoms with Crippen LogP contribution in [-0.2, 0) is 33.4 Å². The molecule has 1 aliphatic heterocycles. The van der Waals surface area contributed by atoms with Crippen molar-refractivity contribution in [2.75, 3.05) is 26.0 Å². The van der Waals surface area contributed by atoms with Crippen LogP contribution < -0.4 is 10.6 Å². The fourth-order valence-electron chi connectivity index (χ4n) is 7.01. The number of hydrogen-bond donors (Lipinski definition) is 3. The van der Waals surface area contributed by atoms with Crippen molar-refractivity contribution in [3.8, 4) is 5.75 Å². The highest BCUT2D eigenvalue weighted by Gasteiger charge is 2.44. The smallest absolute Gasteiger partial charge is 0.332 e. The summed E-state index contributed by atoms with van der Waals surface area (Å²) in [5.74, 6) is -4.27. The fraction of sp³-hybridized carbons (Fsp3) is 0.426. The van der Waals surface area contributed by atoms with Gasteiger partial charge >= 0.3 is 17.9 Å². The van der Waals surface area contributed by atoms with E-state index in [1.54, 1.807) is 0 Å². The molecule has 2 amide bonds. The van der Waals surface area contributed by atoms with E-state index in [1.165, 1.54) is 59.9 Å². The third kappa shape index (κ3) is 13.5. The second kappa shape index (κ2) is 24.0. The second-order valence-electron chi connectivity index (χ2n) is 15.6. The van der Waals surface area contributed by atoms with Crippen LogP contribution >= 0.6 is 12.4 Å².